The molecule has 0 aliphatic rings. The largest absolute Gasteiger partial charge is 0.309 e. The molecule has 0 spiro atoms. The van der Waals surface area contributed by atoms with Gasteiger partial charge in [-0.3, -0.25) is 0 Å². The van der Waals surface area contributed by atoms with Crippen molar-refractivity contribution in [3.8, 4) is 27.9 Å². The van der Waals surface area contributed by atoms with E-state index >= 15 is 0 Å². The Morgan fingerprint density at radius 1 is 0.564 bits per heavy atom. The van der Waals surface area contributed by atoms with E-state index in [4.69, 9.17) is 6.85 Å². The maximum absolute atomic E-state index is 8.82. The van der Waals surface area contributed by atoms with Gasteiger partial charge in [0.2, 0.25) is 0 Å². The molecular formula is C38H37N. The minimum absolute atomic E-state index is 0.0757. The Hall–Kier alpha value is -4.10. The predicted octanol–water partition coefficient (Wildman–Crippen LogP) is 10.7. The number of rotatable bonds is 3. The third-order valence-corrected chi connectivity index (χ3v) is 7.57. The highest BCUT2D eigenvalue weighted by atomic mass is 15.0. The van der Waals surface area contributed by atoms with Gasteiger partial charge in [-0.05, 0) is 74.5 Å². The van der Waals surface area contributed by atoms with Gasteiger partial charge in [0.15, 0.2) is 0 Å². The fourth-order valence-corrected chi connectivity index (χ4v) is 5.36. The first-order valence-electron chi connectivity index (χ1n) is 16.0. The van der Waals surface area contributed by atoms with E-state index in [2.05, 4.69) is 101 Å². The maximum Gasteiger partial charge on any atom is 0.0629 e. The smallest absolute Gasteiger partial charge is 0.0629 e. The average Bonchev–Trinajstić information content (AvgIpc) is 3.33. The summed E-state index contributed by atoms with van der Waals surface area (Å²) in [4.78, 5) is 0. The fraction of sp³-hybridized carbons (Fsp3) is 0.211. The van der Waals surface area contributed by atoms with E-state index in [9.17, 15) is 0 Å². The number of hydrogen-bond donors (Lipinski definition) is 0. The van der Waals surface area contributed by atoms with Gasteiger partial charge in [-0.2, -0.15) is 0 Å². The van der Waals surface area contributed by atoms with Gasteiger partial charge < -0.3 is 4.57 Å². The molecule has 0 radical (unpaired) electrons. The number of benzene rings is 5. The lowest BCUT2D eigenvalue weighted by molar-refractivity contribution is 0.568. The average molecular weight is 513 g/mol. The van der Waals surface area contributed by atoms with Crippen LogP contribution in [0, 0.1) is 0 Å². The zero-order valence-corrected chi connectivity index (χ0v) is 23.5. The van der Waals surface area contributed by atoms with Crippen molar-refractivity contribution in [2.45, 2.75) is 52.4 Å². The second-order valence-corrected chi connectivity index (χ2v) is 12.4. The third kappa shape index (κ3) is 4.57. The summed E-state index contributed by atoms with van der Waals surface area (Å²) >= 11 is 0. The molecule has 1 heteroatoms. The molecule has 5 aromatic carbocycles. The Balaban J connectivity index is 1.79. The molecule has 0 amide bonds. The SMILES string of the molecule is [2H]c1c([2H])c([2H])c(-c2cccc3c2c2cc(-c4ccccc4)ccc2n3-c2cc(C(C)(C)C)cc(C(C)(C)C)c2)c([2H])c1[2H]. The zero-order chi connectivity index (χ0) is 31.7. The minimum atomic E-state index is -0.390. The van der Waals surface area contributed by atoms with E-state index in [1.165, 1.54) is 11.1 Å². The van der Waals surface area contributed by atoms with E-state index in [0.29, 0.717) is 5.56 Å². The molecule has 0 atom stereocenters. The van der Waals surface area contributed by atoms with E-state index in [-0.39, 0.29) is 40.6 Å². The van der Waals surface area contributed by atoms with Crippen molar-refractivity contribution in [1.29, 1.82) is 0 Å². The summed E-state index contributed by atoms with van der Waals surface area (Å²) < 4.78 is 44.9. The summed E-state index contributed by atoms with van der Waals surface area (Å²) in [6.45, 7) is 13.4. The molecule has 1 heterocycles. The minimum Gasteiger partial charge on any atom is -0.309 e. The summed E-state index contributed by atoms with van der Waals surface area (Å²) in [6, 6.07) is 27.9. The molecule has 0 aliphatic carbocycles. The van der Waals surface area contributed by atoms with Gasteiger partial charge in [-0.25, -0.2) is 0 Å². The van der Waals surface area contributed by atoms with Crippen LogP contribution in [-0.4, -0.2) is 4.57 Å². The molecule has 0 saturated heterocycles. The molecule has 1 nitrogen and oxygen atoms in total. The van der Waals surface area contributed by atoms with E-state index < -0.39 is 6.04 Å². The van der Waals surface area contributed by atoms with E-state index in [1.807, 2.05) is 30.3 Å². The van der Waals surface area contributed by atoms with Crippen LogP contribution < -0.4 is 0 Å². The van der Waals surface area contributed by atoms with Crippen LogP contribution in [0.4, 0.5) is 0 Å². The van der Waals surface area contributed by atoms with Crippen molar-refractivity contribution < 1.29 is 6.85 Å². The van der Waals surface area contributed by atoms with Gasteiger partial charge in [0.25, 0.3) is 0 Å². The molecule has 1 aromatic heterocycles. The first kappa shape index (κ1) is 19.9. The second kappa shape index (κ2) is 9.27. The Morgan fingerprint density at radius 3 is 1.87 bits per heavy atom. The summed E-state index contributed by atoms with van der Waals surface area (Å²) in [5.74, 6) is 0. The first-order valence-corrected chi connectivity index (χ1v) is 13.5. The normalized spacial score (nSPS) is 14.2. The van der Waals surface area contributed by atoms with Crippen LogP contribution in [0.25, 0.3) is 49.7 Å². The van der Waals surface area contributed by atoms with Crippen LogP contribution in [0.1, 0.15) is 59.5 Å². The molecule has 0 unspecified atom stereocenters. The molecule has 39 heavy (non-hydrogen) atoms. The lowest BCUT2D eigenvalue weighted by Crippen LogP contribution is -2.17. The Kier molecular flexibility index (Phi) is 4.73. The summed E-state index contributed by atoms with van der Waals surface area (Å²) in [7, 11) is 0. The molecule has 194 valence electrons. The topological polar surface area (TPSA) is 4.93 Å². The van der Waals surface area contributed by atoms with Crippen molar-refractivity contribution in [2.24, 2.45) is 0 Å². The summed E-state index contributed by atoms with van der Waals surface area (Å²) in [5, 5.41) is 1.82. The highest BCUT2D eigenvalue weighted by Gasteiger charge is 2.23. The van der Waals surface area contributed by atoms with Crippen LogP contribution >= 0.6 is 0 Å². The van der Waals surface area contributed by atoms with E-state index in [0.717, 1.165) is 38.6 Å². The number of hydrogen-bond acceptors (Lipinski definition) is 0. The lowest BCUT2D eigenvalue weighted by atomic mass is 9.80. The second-order valence-electron chi connectivity index (χ2n) is 12.4. The monoisotopic (exact) mass is 512 g/mol. The van der Waals surface area contributed by atoms with Gasteiger partial charge >= 0.3 is 0 Å². The molecule has 0 aliphatic heterocycles. The van der Waals surface area contributed by atoms with Crippen molar-refractivity contribution in [3.05, 3.63) is 126 Å². The van der Waals surface area contributed by atoms with Crippen LogP contribution in [0.3, 0.4) is 0 Å². The molecule has 6 aromatic rings. The Morgan fingerprint density at radius 2 is 1.23 bits per heavy atom. The fourth-order valence-electron chi connectivity index (χ4n) is 5.36. The van der Waals surface area contributed by atoms with Gasteiger partial charge in [0.05, 0.1) is 17.9 Å². The predicted molar refractivity (Wildman–Crippen MR) is 169 cm³/mol. The summed E-state index contributed by atoms with van der Waals surface area (Å²) in [6.07, 6.45) is 0. The molecule has 0 fully saturated rings. The zero-order valence-electron chi connectivity index (χ0n) is 28.5. The highest BCUT2D eigenvalue weighted by Crippen LogP contribution is 2.41. The molecule has 0 saturated carbocycles. The molecular weight excluding hydrogens is 470 g/mol. The van der Waals surface area contributed by atoms with Crippen LogP contribution in [0.2, 0.25) is 0 Å². The lowest BCUT2D eigenvalue weighted by Gasteiger charge is -2.26. The first-order chi connectivity index (χ1) is 20.7. The number of aromatic nitrogens is 1. The van der Waals surface area contributed by atoms with Crippen LogP contribution in [0.15, 0.2) is 115 Å². The highest BCUT2D eigenvalue weighted by molar-refractivity contribution is 6.16. The quantitative estimate of drug-likeness (QED) is 0.222. The van der Waals surface area contributed by atoms with Crippen molar-refractivity contribution in [1.82, 2.24) is 4.57 Å². The van der Waals surface area contributed by atoms with E-state index in [1.54, 1.807) is 0 Å². The third-order valence-electron chi connectivity index (χ3n) is 7.57. The van der Waals surface area contributed by atoms with Crippen molar-refractivity contribution in [2.75, 3.05) is 0 Å². The van der Waals surface area contributed by atoms with Gasteiger partial charge in [-0.15, -0.1) is 0 Å². The standard InChI is InChI=1S/C38H37N/c1-37(2,3)29-23-30(38(4,5)6)25-31(24-29)39-34-21-20-28(26-14-9-7-10-15-26)22-33(34)36-32(18-13-19-35(36)39)27-16-11-8-12-17-27/h7-25H,1-6H3/i8D,11D,12D,16D,17D. The van der Waals surface area contributed by atoms with Gasteiger partial charge in [0, 0.05) is 16.5 Å². The van der Waals surface area contributed by atoms with Crippen molar-refractivity contribution >= 4 is 21.8 Å². The van der Waals surface area contributed by atoms with Gasteiger partial charge in [0.1, 0.15) is 0 Å². The molecule has 0 N–H and O–H groups in total. The number of nitrogens with zero attached hydrogens (tertiary/aromatic N) is 1. The van der Waals surface area contributed by atoms with Crippen LogP contribution in [-0.2, 0) is 10.8 Å². The molecule has 6 rings (SSSR count). The van der Waals surface area contributed by atoms with Crippen molar-refractivity contribution in [3.63, 3.8) is 0 Å². The Labute approximate surface area is 239 Å². The van der Waals surface area contributed by atoms with Gasteiger partial charge in [-0.1, -0.05) is 126 Å². The molecule has 0 bridgehead atoms. The maximum atomic E-state index is 8.82. The Bertz CT molecular complexity index is 2010. The summed E-state index contributed by atoms with van der Waals surface area (Å²) in [5.41, 5.74) is 8.23. The number of fused-ring (bicyclic) bond motifs is 3. The van der Waals surface area contributed by atoms with Crippen LogP contribution in [0.5, 0.6) is 0 Å².